The van der Waals surface area contributed by atoms with Gasteiger partial charge in [0.1, 0.15) is 0 Å². The van der Waals surface area contributed by atoms with Crippen molar-refractivity contribution in [2.75, 3.05) is 39.4 Å². The van der Waals surface area contributed by atoms with Crippen LogP contribution in [0.5, 0.6) is 0 Å². The molecule has 0 saturated carbocycles. The molecule has 22 heavy (non-hydrogen) atoms. The summed E-state index contributed by atoms with van der Waals surface area (Å²) < 4.78 is 0. The van der Waals surface area contributed by atoms with Gasteiger partial charge in [-0.25, -0.2) is 0 Å². The molecule has 0 amide bonds. The highest BCUT2D eigenvalue weighted by atomic mass is 15.3. The Kier molecular flexibility index (Phi) is 14.3. The molecule has 1 aliphatic rings. The van der Waals surface area contributed by atoms with Gasteiger partial charge in [-0.3, -0.25) is 4.90 Å². The van der Waals surface area contributed by atoms with Gasteiger partial charge in [-0.15, -0.1) is 0 Å². The fraction of sp³-hybridized carbons (Fsp3) is 1.00. The lowest BCUT2D eigenvalue weighted by Gasteiger charge is -2.13. The smallest absolute Gasteiger partial charge is 0.0481 e. The van der Waals surface area contributed by atoms with Crippen molar-refractivity contribution in [1.82, 2.24) is 15.5 Å². The highest BCUT2D eigenvalue weighted by Crippen LogP contribution is 2.11. The second-order valence-corrected chi connectivity index (χ2v) is 6.92. The van der Waals surface area contributed by atoms with Crippen molar-refractivity contribution in [3.8, 4) is 0 Å². The molecule has 0 radical (unpaired) electrons. The summed E-state index contributed by atoms with van der Waals surface area (Å²) in [7, 11) is 0. The number of nitrogens with zero attached hydrogens (tertiary/aromatic N) is 1. The number of rotatable bonds is 16. The van der Waals surface area contributed by atoms with E-state index in [4.69, 9.17) is 0 Å². The summed E-state index contributed by atoms with van der Waals surface area (Å²) in [5.74, 6) is 0. The number of unbranched alkanes of at least 4 members (excludes halogenated alkanes) is 11. The van der Waals surface area contributed by atoms with Crippen molar-refractivity contribution in [1.29, 1.82) is 0 Å². The molecule has 0 unspecified atom stereocenters. The zero-order valence-corrected chi connectivity index (χ0v) is 15.2. The van der Waals surface area contributed by atoms with E-state index in [1.165, 1.54) is 103 Å². The maximum atomic E-state index is 3.58. The first-order valence-electron chi connectivity index (χ1n) is 10.1. The van der Waals surface area contributed by atoms with Gasteiger partial charge < -0.3 is 10.6 Å². The van der Waals surface area contributed by atoms with Gasteiger partial charge in [-0.1, -0.05) is 77.6 Å². The van der Waals surface area contributed by atoms with E-state index in [0.29, 0.717) is 0 Å². The minimum atomic E-state index is 1.08. The first-order valence-corrected chi connectivity index (χ1v) is 10.1. The third kappa shape index (κ3) is 12.4. The molecule has 2 N–H and O–H groups in total. The lowest BCUT2D eigenvalue weighted by molar-refractivity contribution is 0.331. The number of hydrogen-bond donors (Lipinski definition) is 2. The van der Waals surface area contributed by atoms with Gasteiger partial charge in [0.05, 0.1) is 0 Å². The molecule has 1 aliphatic heterocycles. The second kappa shape index (κ2) is 15.8. The van der Waals surface area contributed by atoms with Crippen molar-refractivity contribution in [2.24, 2.45) is 0 Å². The van der Waals surface area contributed by atoms with Gasteiger partial charge in [-0.2, -0.15) is 0 Å². The monoisotopic (exact) mass is 311 g/mol. The standard InChI is InChI=1S/C19H41N3/c1-2-3-4-5-6-7-8-9-10-11-12-13-14-20-15-17-22-18-16-21-19-22/h20-21H,2-19H2,1H3. The zero-order valence-electron chi connectivity index (χ0n) is 15.2. The Labute approximate surface area is 139 Å². The topological polar surface area (TPSA) is 27.3 Å². The highest BCUT2D eigenvalue weighted by molar-refractivity contribution is 4.66. The lowest BCUT2D eigenvalue weighted by Crippen LogP contribution is -2.31. The van der Waals surface area contributed by atoms with Crippen LogP contribution in [0.15, 0.2) is 0 Å². The van der Waals surface area contributed by atoms with E-state index in [1.54, 1.807) is 0 Å². The average molecular weight is 312 g/mol. The van der Waals surface area contributed by atoms with Crippen LogP contribution >= 0.6 is 0 Å². The van der Waals surface area contributed by atoms with E-state index in [2.05, 4.69) is 22.5 Å². The van der Waals surface area contributed by atoms with Gasteiger partial charge in [0.2, 0.25) is 0 Å². The molecule has 1 heterocycles. The van der Waals surface area contributed by atoms with Crippen LogP contribution in [-0.4, -0.2) is 44.3 Å². The summed E-state index contributed by atoms with van der Waals surface area (Å²) in [5, 5.41) is 6.95. The number of hydrogen-bond acceptors (Lipinski definition) is 3. The molecular formula is C19H41N3. The van der Waals surface area contributed by atoms with Gasteiger partial charge in [0, 0.05) is 32.8 Å². The van der Waals surface area contributed by atoms with Crippen LogP contribution in [0.2, 0.25) is 0 Å². The molecule has 0 spiro atoms. The second-order valence-electron chi connectivity index (χ2n) is 6.92. The summed E-state index contributed by atoms with van der Waals surface area (Å²) in [6.07, 6.45) is 17.2. The normalized spacial score (nSPS) is 15.7. The largest absolute Gasteiger partial charge is 0.315 e. The van der Waals surface area contributed by atoms with Crippen LogP contribution in [0.4, 0.5) is 0 Å². The maximum Gasteiger partial charge on any atom is 0.0481 e. The predicted molar refractivity (Wildman–Crippen MR) is 98.4 cm³/mol. The molecule has 0 atom stereocenters. The van der Waals surface area contributed by atoms with E-state index in [-0.39, 0.29) is 0 Å². The molecule has 1 saturated heterocycles. The van der Waals surface area contributed by atoms with Gasteiger partial charge in [0.15, 0.2) is 0 Å². The Morgan fingerprint density at radius 2 is 1.36 bits per heavy atom. The zero-order chi connectivity index (χ0) is 15.7. The molecule has 3 heteroatoms. The Morgan fingerprint density at radius 3 is 1.91 bits per heavy atom. The highest BCUT2D eigenvalue weighted by Gasteiger charge is 2.08. The fourth-order valence-corrected chi connectivity index (χ4v) is 3.20. The Bertz CT molecular complexity index is 215. The van der Waals surface area contributed by atoms with Crippen LogP contribution in [0.25, 0.3) is 0 Å². The van der Waals surface area contributed by atoms with Crippen molar-refractivity contribution in [3.63, 3.8) is 0 Å². The lowest BCUT2D eigenvalue weighted by atomic mass is 10.1. The van der Waals surface area contributed by atoms with Crippen molar-refractivity contribution >= 4 is 0 Å². The van der Waals surface area contributed by atoms with E-state index < -0.39 is 0 Å². The van der Waals surface area contributed by atoms with Gasteiger partial charge in [0.25, 0.3) is 0 Å². The predicted octanol–water partition coefficient (Wildman–Crippen LogP) is 4.14. The van der Waals surface area contributed by atoms with Crippen LogP contribution < -0.4 is 10.6 Å². The summed E-state index contributed by atoms with van der Waals surface area (Å²) in [6.45, 7) is 9.32. The molecule has 0 aromatic rings. The molecule has 0 aromatic heterocycles. The third-order valence-electron chi connectivity index (χ3n) is 4.75. The van der Waals surface area contributed by atoms with E-state index >= 15 is 0 Å². The minimum Gasteiger partial charge on any atom is -0.315 e. The molecule has 132 valence electrons. The van der Waals surface area contributed by atoms with E-state index in [0.717, 1.165) is 13.2 Å². The van der Waals surface area contributed by atoms with E-state index in [1.807, 2.05) is 0 Å². The van der Waals surface area contributed by atoms with Crippen molar-refractivity contribution in [2.45, 2.75) is 84.0 Å². The maximum absolute atomic E-state index is 3.58. The summed E-state index contributed by atoms with van der Waals surface area (Å²) >= 11 is 0. The van der Waals surface area contributed by atoms with Crippen molar-refractivity contribution in [3.05, 3.63) is 0 Å². The third-order valence-corrected chi connectivity index (χ3v) is 4.75. The molecule has 1 rings (SSSR count). The Hall–Kier alpha value is -0.120. The summed E-state index contributed by atoms with van der Waals surface area (Å²) in [5.41, 5.74) is 0. The summed E-state index contributed by atoms with van der Waals surface area (Å²) in [4.78, 5) is 2.48. The van der Waals surface area contributed by atoms with Crippen LogP contribution in [-0.2, 0) is 0 Å². The first-order chi connectivity index (χ1) is 10.9. The summed E-state index contributed by atoms with van der Waals surface area (Å²) in [6, 6.07) is 0. The Morgan fingerprint density at radius 1 is 0.773 bits per heavy atom. The first kappa shape index (κ1) is 19.9. The fourth-order valence-electron chi connectivity index (χ4n) is 3.20. The van der Waals surface area contributed by atoms with Crippen LogP contribution in [0, 0.1) is 0 Å². The van der Waals surface area contributed by atoms with Gasteiger partial charge >= 0.3 is 0 Å². The van der Waals surface area contributed by atoms with Crippen molar-refractivity contribution < 1.29 is 0 Å². The quantitative estimate of drug-likeness (QED) is 0.420. The number of nitrogens with one attached hydrogen (secondary N) is 2. The van der Waals surface area contributed by atoms with Crippen LogP contribution in [0.1, 0.15) is 84.0 Å². The molecule has 1 fully saturated rings. The molecule has 0 bridgehead atoms. The molecular weight excluding hydrogens is 270 g/mol. The molecule has 0 aliphatic carbocycles. The molecule has 3 nitrogen and oxygen atoms in total. The van der Waals surface area contributed by atoms with Crippen LogP contribution in [0.3, 0.4) is 0 Å². The van der Waals surface area contributed by atoms with E-state index in [9.17, 15) is 0 Å². The Balaban J connectivity index is 1.64. The molecule has 0 aromatic carbocycles. The SMILES string of the molecule is CCCCCCCCCCCCCCNCCN1CCNC1. The average Bonchev–Trinajstić information content (AvgIpc) is 3.04. The minimum absolute atomic E-state index is 1.08. The van der Waals surface area contributed by atoms with Gasteiger partial charge in [-0.05, 0) is 13.0 Å².